The van der Waals surface area contributed by atoms with E-state index in [1.807, 2.05) is 54.0 Å². The van der Waals surface area contributed by atoms with Crippen LogP contribution in [0.15, 0.2) is 60.8 Å². The van der Waals surface area contributed by atoms with Crippen molar-refractivity contribution < 1.29 is 9.50 Å². The SMILES string of the molecule is CC(O)N1CCN(c2cccc(-c3cnc4ccc(N5CCCC5c5cccc(F)c5)nn34)n2)CC1. The highest BCUT2D eigenvalue weighted by molar-refractivity contribution is 5.62. The highest BCUT2D eigenvalue weighted by atomic mass is 19.1. The summed E-state index contributed by atoms with van der Waals surface area (Å²) in [5.41, 5.74) is 3.38. The van der Waals surface area contributed by atoms with Crippen molar-refractivity contribution in [3.8, 4) is 11.4 Å². The number of imidazole rings is 1. The van der Waals surface area contributed by atoms with Gasteiger partial charge in [-0.05, 0) is 61.7 Å². The molecule has 0 amide bonds. The van der Waals surface area contributed by atoms with Crippen LogP contribution in [0.5, 0.6) is 0 Å². The van der Waals surface area contributed by atoms with Crippen LogP contribution in [0.3, 0.4) is 0 Å². The van der Waals surface area contributed by atoms with Gasteiger partial charge in [0.2, 0.25) is 0 Å². The third-order valence-electron chi connectivity index (χ3n) is 7.29. The number of halogens is 1. The monoisotopic (exact) mass is 487 g/mol. The standard InChI is InChI=1S/C27H30FN7O/c1-19(36)32-13-15-33(16-14-32)26-9-3-7-22(30-26)24-18-29-25-10-11-27(31-35(24)25)34-12-4-8-23(34)20-5-2-6-21(28)17-20/h2-3,5-7,9-11,17-19,23,36H,4,8,12-16H2,1H3. The van der Waals surface area contributed by atoms with Gasteiger partial charge in [0.1, 0.15) is 29.4 Å². The Morgan fingerprint density at radius 1 is 0.972 bits per heavy atom. The molecule has 9 heteroatoms. The van der Waals surface area contributed by atoms with Crippen LogP contribution in [0.2, 0.25) is 0 Å². The van der Waals surface area contributed by atoms with E-state index in [1.165, 1.54) is 6.07 Å². The molecular weight excluding hydrogens is 457 g/mol. The summed E-state index contributed by atoms with van der Waals surface area (Å²) in [6, 6.07) is 17.0. The fraction of sp³-hybridized carbons (Fsp3) is 0.370. The fourth-order valence-corrected chi connectivity index (χ4v) is 5.36. The second-order valence-corrected chi connectivity index (χ2v) is 9.55. The summed E-state index contributed by atoms with van der Waals surface area (Å²) in [5, 5.41) is 14.8. The zero-order valence-corrected chi connectivity index (χ0v) is 20.3. The van der Waals surface area contributed by atoms with Gasteiger partial charge in [0.25, 0.3) is 0 Å². The second kappa shape index (κ2) is 9.48. The molecule has 2 saturated heterocycles. The van der Waals surface area contributed by atoms with Crippen LogP contribution >= 0.6 is 0 Å². The van der Waals surface area contributed by atoms with Gasteiger partial charge in [-0.15, -0.1) is 5.10 Å². The highest BCUT2D eigenvalue weighted by Crippen LogP contribution is 2.35. The summed E-state index contributed by atoms with van der Waals surface area (Å²) in [5.74, 6) is 1.55. The Labute approximate surface area is 209 Å². The van der Waals surface area contributed by atoms with Crippen LogP contribution in [0, 0.1) is 5.82 Å². The third kappa shape index (κ3) is 4.29. The van der Waals surface area contributed by atoms with Gasteiger partial charge in [0.15, 0.2) is 5.65 Å². The number of piperazine rings is 1. The number of hydrogen-bond donors (Lipinski definition) is 1. The Morgan fingerprint density at radius 3 is 2.61 bits per heavy atom. The molecular formula is C27H30FN7O. The number of aliphatic hydroxyl groups is 1. The smallest absolute Gasteiger partial charge is 0.154 e. The van der Waals surface area contributed by atoms with Crippen molar-refractivity contribution >= 4 is 17.3 Å². The average molecular weight is 488 g/mol. The molecule has 186 valence electrons. The molecule has 0 saturated carbocycles. The van der Waals surface area contributed by atoms with E-state index in [4.69, 9.17) is 10.1 Å². The minimum atomic E-state index is -0.430. The summed E-state index contributed by atoms with van der Waals surface area (Å²) in [4.78, 5) is 16.1. The Bertz CT molecular complexity index is 1370. The number of pyridine rings is 1. The molecule has 4 aromatic rings. The molecule has 3 aromatic heterocycles. The van der Waals surface area contributed by atoms with Crippen molar-refractivity contribution in [3.63, 3.8) is 0 Å². The second-order valence-electron chi connectivity index (χ2n) is 9.55. The predicted octanol–water partition coefficient (Wildman–Crippen LogP) is 3.73. The predicted molar refractivity (Wildman–Crippen MR) is 137 cm³/mol. The van der Waals surface area contributed by atoms with Crippen LogP contribution in [-0.2, 0) is 0 Å². The zero-order chi connectivity index (χ0) is 24.6. The van der Waals surface area contributed by atoms with Gasteiger partial charge in [-0.2, -0.15) is 0 Å². The Kier molecular flexibility index (Phi) is 6.02. The number of benzene rings is 1. The van der Waals surface area contributed by atoms with Gasteiger partial charge in [-0.1, -0.05) is 18.2 Å². The van der Waals surface area contributed by atoms with E-state index in [2.05, 4.69) is 19.7 Å². The Hall–Kier alpha value is -3.56. The summed E-state index contributed by atoms with van der Waals surface area (Å²) in [6.07, 6.45) is 3.38. The van der Waals surface area contributed by atoms with E-state index in [0.717, 1.165) is 79.8 Å². The molecule has 5 heterocycles. The first-order valence-corrected chi connectivity index (χ1v) is 12.6. The molecule has 2 aliphatic heterocycles. The maximum atomic E-state index is 13.9. The largest absolute Gasteiger partial charge is 0.379 e. The minimum absolute atomic E-state index is 0.0966. The average Bonchev–Trinajstić information content (AvgIpc) is 3.56. The summed E-state index contributed by atoms with van der Waals surface area (Å²) in [7, 11) is 0. The maximum Gasteiger partial charge on any atom is 0.154 e. The van der Waals surface area contributed by atoms with Crippen LogP contribution < -0.4 is 9.80 Å². The number of fused-ring (bicyclic) bond motifs is 1. The zero-order valence-electron chi connectivity index (χ0n) is 20.3. The molecule has 0 aliphatic carbocycles. The lowest BCUT2D eigenvalue weighted by Gasteiger charge is -2.36. The molecule has 6 rings (SSSR count). The molecule has 2 atom stereocenters. The number of anilines is 2. The van der Waals surface area contributed by atoms with E-state index >= 15 is 0 Å². The number of nitrogens with zero attached hydrogens (tertiary/aromatic N) is 7. The third-order valence-corrected chi connectivity index (χ3v) is 7.29. The quantitative estimate of drug-likeness (QED) is 0.460. The van der Waals surface area contributed by atoms with E-state index in [1.54, 1.807) is 12.1 Å². The van der Waals surface area contributed by atoms with Crippen molar-refractivity contribution in [1.82, 2.24) is 24.5 Å². The van der Waals surface area contributed by atoms with Crippen molar-refractivity contribution in [2.24, 2.45) is 0 Å². The van der Waals surface area contributed by atoms with Crippen LogP contribution in [0.4, 0.5) is 16.0 Å². The van der Waals surface area contributed by atoms with Gasteiger partial charge in [-0.25, -0.2) is 18.9 Å². The molecule has 8 nitrogen and oxygen atoms in total. The minimum Gasteiger partial charge on any atom is -0.379 e. The van der Waals surface area contributed by atoms with E-state index in [0.29, 0.717) is 0 Å². The number of hydrogen-bond acceptors (Lipinski definition) is 7. The van der Waals surface area contributed by atoms with Gasteiger partial charge < -0.3 is 14.9 Å². The molecule has 2 unspecified atom stereocenters. The Morgan fingerprint density at radius 2 is 1.81 bits per heavy atom. The van der Waals surface area contributed by atoms with Crippen molar-refractivity contribution in [2.45, 2.75) is 32.0 Å². The van der Waals surface area contributed by atoms with E-state index < -0.39 is 6.23 Å². The first-order valence-electron chi connectivity index (χ1n) is 12.6. The van der Waals surface area contributed by atoms with Gasteiger partial charge in [-0.3, -0.25) is 4.90 Å². The van der Waals surface area contributed by atoms with Gasteiger partial charge in [0.05, 0.1) is 17.9 Å². The van der Waals surface area contributed by atoms with Gasteiger partial charge in [0, 0.05) is 32.7 Å². The summed E-state index contributed by atoms with van der Waals surface area (Å²) in [6.45, 7) is 5.90. The first-order chi connectivity index (χ1) is 17.6. The topological polar surface area (TPSA) is 73.0 Å². The molecule has 1 aromatic carbocycles. The molecule has 0 spiro atoms. The highest BCUT2D eigenvalue weighted by Gasteiger charge is 2.28. The number of aromatic nitrogens is 4. The fourth-order valence-electron chi connectivity index (χ4n) is 5.36. The van der Waals surface area contributed by atoms with Crippen molar-refractivity contribution in [3.05, 3.63) is 72.2 Å². The van der Waals surface area contributed by atoms with Crippen LogP contribution in [-0.4, -0.2) is 68.5 Å². The lowest BCUT2D eigenvalue weighted by Crippen LogP contribution is -2.49. The van der Waals surface area contributed by atoms with Crippen LogP contribution in [0.1, 0.15) is 31.4 Å². The first kappa shape index (κ1) is 22.9. The summed E-state index contributed by atoms with van der Waals surface area (Å²) >= 11 is 0. The van der Waals surface area contributed by atoms with Crippen molar-refractivity contribution in [1.29, 1.82) is 0 Å². The Balaban J connectivity index is 1.30. The lowest BCUT2D eigenvalue weighted by atomic mass is 10.0. The van der Waals surface area contributed by atoms with Crippen LogP contribution in [0.25, 0.3) is 17.0 Å². The van der Waals surface area contributed by atoms with E-state index in [-0.39, 0.29) is 11.9 Å². The lowest BCUT2D eigenvalue weighted by molar-refractivity contribution is 0.0152. The molecule has 36 heavy (non-hydrogen) atoms. The number of aliphatic hydroxyl groups excluding tert-OH is 1. The maximum absolute atomic E-state index is 13.9. The van der Waals surface area contributed by atoms with Crippen molar-refractivity contribution in [2.75, 3.05) is 42.5 Å². The van der Waals surface area contributed by atoms with E-state index in [9.17, 15) is 9.50 Å². The summed E-state index contributed by atoms with van der Waals surface area (Å²) < 4.78 is 15.8. The molecule has 2 aliphatic rings. The molecule has 1 N–H and O–H groups in total. The molecule has 2 fully saturated rings. The molecule has 0 bridgehead atoms. The normalized spacial score (nSPS) is 19.8. The number of rotatable bonds is 5. The molecule has 0 radical (unpaired) electrons. The van der Waals surface area contributed by atoms with Gasteiger partial charge >= 0.3 is 0 Å².